The lowest BCUT2D eigenvalue weighted by molar-refractivity contribution is 0.544. The van der Waals surface area contributed by atoms with E-state index in [-0.39, 0.29) is 32.5 Å². The van der Waals surface area contributed by atoms with Gasteiger partial charge in [-0.25, -0.2) is 44.9 Å². The zero-order chi connectivity index (χ0) is 55.1. The van der Waals surface area contributed by atoms with Crippen LogP contribution in [0.3, 0.4) is 0 Å². The van der Waals surface area contributed by atoms with Crippen molar-refractivity contribution in [2.45, 2.75) is 157 Å². The van der Waals surface area contributed by atoms with Gasteiger partial charge in [0.25, 0.3) is 0 Å². The molecule has 6 aromatic heterocycles. The van der Waals surface area contributed by atoms with Gasteiger partial charge in [0.2, 0.25) is 5.82 Å². The van der Waals surface area contributed by atoms with Gasteiger partial charge in [-0.3, -0.25) is 0 Å². The van der Waals surface area contributed by atoms with Crippen LogP contribution in [-0.2, 0) is 32.5 Å². The minimum Gasteiger partial charge on any atom is -0.248 e. The van der Waals surface area contributed by atoms with Crippen LogP contribution in [0.2, 0.25) is 0 Å². The maximum atomic E-state index is 5.33. The minimum absolute atomic E-state index is 0.0129. The summed E-state index contributed by atoms with van der Waals surface area (Å²) in [7, 11) is 0. The lowest BCUT2D eigenvalue weighted by Crippen LogP contribution is -2.15. The SMILES string of the molecule is C#Cc1cc(C(C)(C)C)ccn1.C#Cc1cc(C(C)(C)C)ncn1.C#Cc1cccc(C(C)(C)C)n1.C#Cc1nccc(C(C)(C)C)n1.C#Cc1ncccc1C(C)(C)C.C=Cc1ccnc(C(C)(C)C)n1. The van der Waals surface area contributed by atoms with Gasteiger partial charge in [-0.05, 0) is 88.4 Å². The van der Waals surface area contributed by atoms with Crippen LogP contribution < -0.4 is 0 Å². The van der Waals surface area contributed by atoms with E-state index in [0.29, 0.717) is 22.9 Å². The number of pyridine rings is 3. The lowest BCUT2D eigenvalue weighted by Gasteiger charge is -2.19. The Labute approximate surface area is 434 Å². The molecular formula is C63H77N9. The molecule has 0 N–H and O–H groups in total. The molecule has 0 aliphatic carbocycles. The van der Waals surface area contributed by atoms with E-state index in [1.54, 1.807) is 30.9 Å². The van der Waals surface area contributed by atoms with E-state index in [4.69, 9.17) is 32.1 Å². The molecule has 0 spiro atoms. The molecule has 0 radical (unpaired) electrons. The van der Waals surface area contributed by atoms with Crippen LogP contribution in [0.15, 0.2) is 98.4 Å². The molecule has 0 saturated carbocycles. The second-order valence-electron chi connectivity index (χ2n) is 22.5. The average molecular weight is 960 g/mol. The molecule has 374 valence electrons. The second kappa shape index (κ2) is 27.6. The molecule has 0 aliphatic heterocycles. The lowest BCUT2D eigenvalue weighted by atomic mass is 9.86. The highest BCUT2D eigenvalue weighted by atomic mass is 14.9. The predicted octanol–water partition coefficient (Wildman–Crippen LogP) is 13.0. The summed E-state index contributed by atoms with van der Waals surface area (Å²) in [5.74, 6) is 13.9. The van der Waals surface area contributed by atoms with Crippen molar-refractivity contribution in [3.05, 3.63) is 167 Å². The van der Waals surface area contributed by atoms with E-state index in [1.165, 1.54) is 11.9 Å². The highest BCUT2D eigenvalue weighted by Gasteiger charge is 2.19. The van der Waals surface area contributed by atoms with Crippen molar-refractivity contribution >= 4 is 6.08 Å². The molecular weight excluding hydrogens is 883 g/mol. The highest BCUT2D eigenvalue weighted by molar-refractivity contribution is 5.41. The van der Waals surface area contributed by atoms with Crippen molar-refractivity contribution in [3.8, 4) is 61.7 Å². The van der Waals surface area contributed by atoms with Crippen molar-refractivity contribution in [1.29, 1.82) is 0 Å². The smallest absolute Gasteiger partial charge is 0.204 e. The zero-order valence-electron chi connectivity index (χ0n) is 46.4. The summed E-state index contributed by atoms with van der Waals surface area (Å²) in [5, 5.41) is 0. The third kappa shape index (κ3) is 22.8. The van der Waals surface area contributed by atoms with Crippen molar-refractivity contribution in [2.75, 3.05) is 0 Å². The number of aromatic nitrogens is 9. The van der Waals surface area contributed by atoms with E-state index < -0.39 is 0 Å². The van der Waals surface area contributed by atoms with Crippen LogP contribution in [0.5, 0.6) is 0 Å². The minimum atomic E-state index is 0.0129. The van der Waals surface area contributed by atoms with Gasteiger partial charge in [-0.15, -0.1) is 32.1 Å². The third-order valence-corrected chi connectivity index (χ3v) is 9.89. The molecule has 9 heteroatoms. The Morgan fingerprint density at radius 2 is 0.972 bits per heavy atom. The van der Waals surface area contributed by atoms with Crippen LogP contribution in [0.4, 0.5) is 0 Å². The molecule has 0 saturated heterocycles. The summed E-state index contributed by atoms with van der Waals surface area (Å²) < 4.78 is 0. The summed E-state index contributed by atoms with van der Waals surface area (Å²) in [6.07, 6.45) is 36.4. The molecule has 6 heterocycles. The van der Waals surface area contributed by atoms with Crippen LogP contribution in [0.25, 0.3) is 6.08 Å². The number of terminal acetylenes is 5. The fourth-order valence-electron chi connectivity index (χ4n) is 5.57. The summed E-state index contributed by atoms with van der Waals surface area (Å²) >= 11 is 0. The van der Waals surface area contributed by atoms with Crippen molar-refractivity contribution < 1.29 is 0 Å². The number of hydrogen-bond acceptors (Lipinski definition) is 9. The number of hydrogen-bond donors (Lipinski definition) is 0. The highest BCUT2D eigenvalue weighted by Crippen LogP contribution is 2.25. The molecule has 0 aromatic carbocycles. The zero-order valence-corrected chi connectivity index (χ0v) is 46.4. The van der Waals surface area contributed by atoms with E-state index in [0.717, 1.165) is 39.9 Å². The fraction of sp³-hybridized carbons (Fsp3) is 0.381. The molecule has 0 amide bonds. The third-order valence-electron chi connectivity index (χ3n) is 9.89. The Kier molecular flexibility index (Phi) is 23.8. The normalized spacial score (nSPS) is 10.9. The molecule has 0 atom stereocenters. The largest absolute Gasteiger partial charge is 0.248 e. The Morgan fingerprint density at radius 3 is 1.46 bits per heavy atom. The second-order valence-corrected chi connectivity index (χ2v) is 22.5. The van der Waals surface area contributed by atoms with Gasteiger partial charge in [0.1, 0.15) is 34.9 Å². The molecule has 9 nitrogen and oxygen atoms in total. The van der Waals surface area contributed by atoms with Gasteiger partial charge in [0, 0.05) is 52.1 Å². The van der Waals surface area contributed by atoms with Gasteiger partial charge in [-0.2, -0.15) is 0 Å². The number of nitrogens with zero attached hydrogens (tertiary/aromatic N) is 9. The van der Waals surface area contributed by atoms with E-state index >= 15 is 0 Å². The van der Waals surface area contributed by atoms with Crippen LogP contribution in [0, 0.1) is 61.7 Å². The van der Waals surface area contributed by atoms with E-state index in [2.05, 4.69) is 206 Å². The first kappa shape index (κ1) is 62.2. The maximum Gasteiger partial charge on any atom is 0.204 e. The summed E-state index contributed by atoms with van der Waals surface area (Å²) in [5.41, 5.74) is 9.45. The van der Waals surface area contributed by atoms with E-state index in [1.807, 2.05) is 60.7 Å². The monoisotopic (exact) mass is 960 g/mol. The van der Waals surface area contributed by atoms with Crippen molar-refractivity contribution in [3.63, 3.8) is 0 Å². The Morgan fingerprint density at radius 1 is 0.417 bits per heavy atom. The van der Waals surface area contributed by atoms with Gasteiger partial charge < -0.3 is 0 Å². The molecule has 0 unspecified atom stereocenters. The van der Waals surface area contributed by atoms with Crippen LogP contribution in [-0.4, -0.2) is 44.9 Å². The van der Waals surface area contributed by atoms with Gasteiger partial charge in [-0.1, -0.05) is 161 Å². The van der Waals surface area contributed by atoms with Gasteiger partial charge in [0.05, 0.1) is 17.1 Å². The first-order valence-corrected chi connectivity index (χ1v) is 23.6. The molecule has 6 aromatic rings. The average Bonchev–Trinajstić information content (AvgIpc) is 3.33. The summed E-state index contributed by atoms with van der Waals surface area (Å²) in [4.78, 5) is 37.2. The molecule has 6 rings (SSSR count). The molecule has 0 aliphatic rings. The summed E-state index contributed by atoms with van der Waals surface area (Å²) in [6.45, 7) is 41.7. The summed E-state index contributed by atoms with van der Waals surface area (Å²) in [6, 6.07) is 19.3. The van der Waals surface area contributed by atoms with Crippen molar-refractivity contribution in [1.82, 2.24) is 44.9 Å². The quantitative estimate of drug-likeness (QED) is 0.149. The fourth-order valence-corrected chi connectivity index (χ4v) is 5.57. The van der Waals surface area contributed by atoms with Crippen LogP contribution in [0.1, 0.15) is 193 Å². The van der Waals surface area contributed by atoms with Crippen LogP contribution >= 0.6 is 0 Å². The topological polar surface area (TPSA) is 116 Å². The van der Waals surface area contributed by atoms with Gasteiger partial charge in [0.15, 0.2) is 0 Å². The number of rotatable bonds is 1. The van der Waals surface area contributed by atoms with Crippen molar-refractivity contribution in [2.24, 2.45) is 0 Å². The molecule has 0 fully saturated rings. The first-order valence-electron chi connectivity index (χ1n) is 23.6. The molecule has 0 bridgehead atoms. The predicted molar refractivity (Wildman–Crippen MR) is 301 cm³/mol. The van der Waals surface area contributed by atoms with E-state index in [9.17, 15) is 0 Å². The Bertz CT molecular complexity index is 2610. The standard InChI is InChI=1S/3C11H13N.2C10H12N2.C10H14N2/c1-5-10-8-9(6-7-12-10)11(2,3)4;1-5-10-9(11(2,3)4)7-6-8-12-10;1-5-9-7-6-8-10(12-9)11(2,3)4;1-5-8-6-9(10(2,3)4)12-7-11-8;1-5-9-11-7-6-8(12-9)10(2,3)4;1-5-8-6-7-11-9(12-8)10(2,3)4/h3*1,6-8H,2-4H3;2*1,6-7H,2-4H3;5-7H,1H2,2-4H3. The Balaban J connectivity index is 0.000000432. The van der Waals surface area contributed by atoms with Gasteiger partial charge >= 0.3 is 0 Å². The first-order chi connectivity index (χ1) is 33.2. The Hall–Kier alpha value is -7.77. The molecule has 72 heavy (non-hydrogen) atoms. The maximum absolute atomic E-state index is 5.33.